The highest BCUT2D eigenvalue weighted by molar-refractivity contribution is 7.91. The van der Waals surface area contributed by atoms with E-state index >= 15 is 0 Å². The summed E-state index contributed by atoms with van der Waals surface area (Å²) in [5.41, 5.74) is -2.35. The maximum absolute atomic E-state index is 14.8. The highest BCUT2D eigenvalue weighted by Gasteiger charge is 2.62. The third-order valence-corrected chi connectivity index (χ3v) is 12.6. The van der Waals surface area contributed by atoms with Gasteiger partial charge in [0, 0.05) is 23.9 Å². The molecule has 2 aromatic rings. The predicted molar refractivity (Wildman–Crippen MR) is 203 cm³/mol. The van der Waals surface area contributed by atoms with Crippen LogP contribution in [-0.4, -0.2) is 97.5 Å². The summed E-state index contributed by atoms with van der Waals surface area (Å²) in [6.45, 7) is 9.10. The Morgan fingerprint density at radius 1 is 1.04 bits per heavy atom. The first kappa shape index (κ1) is 40.1. The van der Waals surface area contributed by atoms with Crippen molar-refractivity contribution < 1.29 is 46.5 Å². The number of amides is 4. The van der Waals surface area contributed by atoms with Gasteiger partial charge in [0.05, 0.1) is 26.0 Å². The molecule has 3 N–H and O–H groups in total. The zero-order valence-electron chi connectivity index (χ0n) is 32.5. The maximum atomic E-state index is 14.8. The molecule has 7 atom stereocenters. The molecule has 1 aromatic heterocycles. The first-order chi connectivity index (χ1) is 25.9. The minimum atomic E-state index is -3.91. The Balaban J connectivity index is 1.36. The van der Waals surface area contributed by atoms with E-state index in [4.69, 9.17) is 18.9 Å². The molecule has 0 spiro atoms. The van der Waals surface area contributed by atoms with Crippen LogP contribution in [0.5, 0.6) is 17.4 Å². The second-order valence-electron chi connectivity index (χ2n) is 16.4. The van der Waals surface area contributed by atoms with Crippen LogP contribution in [0.4, 0.5) is 4.79 Å². The van der Waals surface area contributed by atoms with Crippen LogP contribution in [0.1, 0.15) is 79.6 Å². The first-order valence-corrected chi connectivity index (χ1v) is 20.5. The topological polar surface area (TPSA) is 192 Å². The highest BCUT2D eigenvalue weighted by atomic mass is 32.2. The number of hydrogen-bond donors (Lipinski definition) is 3. The Morgan fingerprint density at radius 3 is 2.42 bits per heavy atom. The number of carbonyl (C=O) groups is 4. The summed E-state index contributed by atoms with van der Waals surface area (Å²) < 4.78 is 51.0. The molecule has 2 aliphatic carbocycles. The fourth-order valence-electron chi connectivity index (χ4n) is 7.66. The quantitative estimate of drug-likeness (QED) is 0.328. The molecule has 3 fully saturated rings. The molecule has 4 aliphatic rings. The van der Waals surface area contributed by atoms with E-state index in [1.807, 2.05) is 19.1 Å². The molecule has 2 aliphatic heterocycles. The van der Waals surface area contributed by atoms with Crippen LogP contribution < -0.4 is 29.6 Å². The Bertz CT molecular complexity index is 1960. The number of hydrogen-bond acceptors (Lipinski definition) is 11. The molecule has 55 heavy (non-hydrogen) atoms. The van der Waals surface area contributed by atoms with Crippen LogP contribution >= 0.6 is 0 Å². The third kappa shape index (κ3) is 8.94. The predicted octanol–water partition coefficient (Wildman–Crippen LogP) is 3.99. The van der Waals surface area contributed by atoms with Gasteiger partial charge in [-0.05, 0) is 94.7 Å². The van der Waals surface area contributed by atoms with Crippen molar-refractivity contribution in [1.29, 1.82) is 0 Å². The van der Waals surface area contributed by atoms with Crippen molar-refractivity contribution in [2.75, 3.05) is 20.8 Å². The van der Waals surface area contributed by atoms with Gasteiger partial charge >= 0.3 is 6.09 Å². The average Bonchev–Trinajstić information content (AvgIpc) is 4.04. The second kappa shape index (κ2) is 15.5. The molecule has 0 radical (unpaired) electrons. The zero-order valence-corrected chi connectivity index (χ0v) is 33.4. The van der Waals surface area contributed by atoms with E-state index in [2.05, 4.69) is 27.3 Å². The fraction of sp³-hybridized carbons (Fsp3) is 0.615. The summed E-state index contributed by atoms with van der Waals surface area (Å²) >= 11 is 0. The Hall–Kier alpha value is -4.60. The van der Waals surface area contributed by atoms with E-state index < -0.39 is 74.3 Å². The summed E-state index contributed by atoms with van der Waals surface area (Å²) in [4.78, 5) is 62.1. The van der Waals surface area contributed by atoms with E-state index in [9.17, 15) is 27.6 Å². The van der Waals surface area contributed by atoms with Gasteiger partial charge < -0.3 is 34.5 Å². The van der Waals surface area contributed by atoms with Gasteiger partial charge in [-0.2, -0.15) is 0 Å². The Labute approximate surface area is 322 Å². The van der Waals surface area contributed by atoms with Crippen molar-refractivity contribution >= 4 is 44.6 Å². The minimum Gasteiger partial charge on any atom is -0.493 e. The molecule has 1 saturated heterocycles. The second-order valence-corrected chi connectivity index (χ2v) is 18.4. The summed E-state index contributed by atoms with van der Waals surface area (Å²) in [5, 5.41) is 6.43. The number of nitrogens with one attached hydrogen (secondary N) is 3. The molecule has 300 valence electrons. The largest absolute Gasteiger partial charge is 0.493 e. The van der Waals surface area contributed by atoms with Gasteiger partial charge in [-0.25, -0.2) is 18.2 Å². The molecule has 15 nitrogen and oxygen atoms in total. The number of rotatable bonds is 8. The lowest BCUT2D eigenvalue weighted by Crippen LogP contribution is -2.59. The highest BCUT2D eigenvalue weighted by Crippen LogP contribution is 2.46. The van der Waals surface area contributed by atoms with Crippen LogP contribution in [0.2, 0.25) is 0 Å². The number of pyridine rings is 1. The van der Waals surface area contributed by atoms with Crippen LogP contribution in [0.25, 0.3) is 10.8 Å². The summed E-state index contributed by atoms with van der Waals surface area (Å²) in [7, 11) is -0.852. The monoisotopic (exact) mass is 783 g/mol. The Kier molecular flexibility index (Phi) is 11.3. The SMILES string of the molecule is COc1cc2ccnc(O[C@@H]3C[C@H]4C(=O)N[C@]5(C(=O)NS(=O)(=O)C6CC6)C[C@H]5/C=C\CC[C@@H](C)C[C@@H](C)[C@H](NC(=O)OC(C)(C)C)C(=O)N4C3)c2cc1OC. The van der Waals surface area contributed by atoms with Gasteiger partial charge in [-0.3, -0.25) is 19.1 Å². The number of fused-ring (bicyclic) bond motifs is 3. The van der Waals surface area contributed by atoms with Crippen molar-refractivity contribution in [1.82, 2.24) is 25.2 Å². The molecule has 1 aromatic carbocycles. The standard InChI is InChI=1S/C39H53N5O10S/c1-22-10-8-9-11-25-20-39(25,36(47)43-55(49,50)27-12-13-27)42-33(45)29-18-26(53-34-28-19-31(52-7)30(51-6)17-24(28)14-15-40-34)21-44(29)35(46)32(23(2)16-22)41-37(48)54-38(3,4)5/h9,11,14-15,17,19,22-23,25-27,29,32H,8,10,12-13,16,18,20-21H2,1-7H3,(H,41,48)(H,42,45)(H,43,47)/b11-9-/t22-,23-,25-,26-,29+,32+,39-/m1/s1. The lowest BCUT2D eigenvalue weighted by Gasteiger charge is -2.33. The van der Waals surface area contributed by atoms with Crippen molar-refractivity contribution in [2.45, 2.75) is 114 Å². The van der Waals surface area contributed by atoms with Crippen LogP contribution in [0, 0.1) is 17.8 Å². The maximum Gasteiger partial charge on any atom is 0.408 e. The van der Waals surface area contributed by atoms with E-state index in [0.717, 1.165) is 11.8 Å². The molecule has 16 heteroatoms. The number of allylic oxidation sites excluding steroid dienone is 1. The molecule has 4 amide bonds. The number of sulfonamides is 1. The van der Waals surface area contributed by atoms with E-state index in [1.165, 1.54) is 19.1 Å². The third-order valence-electron chi connectivity index (χ3n) is 10.8. The van der Waals surface area contributed by atoms with Gasteiger partial charge in [0.2, 0.25) is 27.7 Å². The van der Waals surface area contributed by atoms with E-state index in [0.29, 0.717) is 42.6 Å². The van der Waals surface area contributed by atoms with Crippen molar-refractivity contribution in [2.24, 2.45) is 17.8 Å². The summed E-state index contributed by atoms with van der Waals surface area (Å²) in [5.74, 6) is -1.38. The number of aromatic nitrogens is 1. The molecular weight excluding hydrogens is 731 g/mol. The number of nitrogens with zero attached hydrogens (tertiary/aromatic N) is 2. The van der Waals surface area contributed by atoms with Crippen LogP contribution in [0.3, 0.4) is 0 Å². The molecule has 3 heterocycles. The summed E-state index contributed by atoms with van der Waals surface area (Å²) in [6, 6.07) is 3.13. The molecule has 0 bridgehead atoms. The van der Waals surface area contributed by atoms with Crippen molar-refractivity contribution in [3.63, 3.8) is 0 Å². The zero-order chi connectivity index (χ0) is 39.9. The van der Waals surface area contributed by atoms with Gasteiger partial charge in [0.1, 0.15) is 29.3 Å². The first-order valence-electron chi connectivity index (χ1n) is 19.0. The number of alkyl carbamates (subject to hydrolysis) is 1. The lowest BCUT2D eigenvalue weighted by atomic mass is 9.88. The van der Waals surface area contributed by atoms with Crippen molar-refractivity contribution in [3.05, 3.63) is 36.5 Å². The van der Waals surface area contributed by atoms with Crippen molar-refractivity contribution in [3.8, 4) is 17.4 Å². The molecule has 0 unspecified atom stereocenters. The molecular formula is C39H53N5O10S. The Morgan fingerprint density at radius 2 is 1.75 bits per heavy atom. The number of methoxy groups -OCH3 is 2. The van der Waals surface area contributed by atoms with Crippen LogP contribution in [-0.2, 0) is 29.1 Å². The average molecular weight is 784 g/mol. The number of carbonyl (C=O) groups excluding carboxylic acids is 4. The summed E-state index contributed by atoms with van der Waals surface area (Å²) in [6.07, 6.45) is 7.06. The minimum absolute atomic E-state index is 0.0193. The lowest BCUT2D eigenvalue weighted by molar-refractivity contribution is -0.142. The van der Waals surface area contributed by atoms with Gasteiger partial charge in [-0.15, -0.1) is 0 Å². The number of benzene rings is 1. The molecule has 6 rings (SSSR count). The normalized spacial score (nSPS) is 29.4. The van der Waals surface area contributed by atoms with E-state index in [-0.39, 0.29) is 37.1 Å². The van der Waals surface area contributed by atoms with Gasteiger partial charge in [0.25, 0.3) is 5.91 Å². The molecule has 2 saturated carbocycles. The van der Waals surface area contributed by atoms with Crippen LogP contribution in [0.15, 0.2) is 36.5 Å². The van der Waals surface area contributed by atoms with Gasteiger partial charge in [-0.1, -0.05) is 26.0 Å². The smallest absolute Gasteiger partial charge is 0.408 e. The van der Waals surface area contributed by atoms with E-state index in [1.54, 1.807) is 45.2 Å². The van der Waals surface area contributed by atoms with Gasteiger partial charge in [0.15, 0.2) is 11.5 Å². The number of ether oxygens (including phenoxy) is 4. The fourth-order valence-corrected chi connectivity index (χ4v) is 9.02.